The highest BCUT2D eigenvalue weighted by Gasteiger charge is 2.30. The van der Waals surface area contributed by atoms with E-state index in [1.165, 1.54) is 0 Å². The fourth-order valence-corrected chi connectivity index (χ4v) is 3.76. The number of hydrogen-bond donors (Lipinski definition) is 0. The van der Waals surface area contributed by atoms with Gasteiger partial charge in [-0.1, -0.05) is 13.8 Å². The average Bonchev–Trinajstić information content (AvgIpc) is 3.21. The third-order valence-corrected chi connectivity index (χ3v) is 5.13. The molecule has 1 aromatic heterocycles. The zero-order valence-electron chi connectivity index (χ0n) is 14.4. The Morgan fingerprint density at radius 2 is 1.96 bits per heavy atom. The molecule has 0 N–H and O–H groups in total. The maximum atomic E-state index is 12.9. The molecule has 1 fully saturated rings. The van der Waals surface area contributed by atoms with Crippen molar-refractivity contribution in [3.8, 4) is 0 Å². The topological polar surface area (TPSA) is 44.6 Å². The molecule has 2 aliphatic heterocycles. The van der Waals surface area contributed by atoms with Crippen LogP contribution in [-0.4, -0.2) is 69.6 Å². The normalized spacial score (nSPS) is 21.6. The molecule has 0 spiro atoms. The van der Waals surface area contributed by atoms with Gasteiger partial charge in [0.15, 0.2) is 0 Å². The smallest absolute Gasteiger partial charge is 0.320 e. The Labute approximate surface area is 139 Å². The SMILES string of the molecule is CCN(CC)CC1CN(C(=O)N2CCCC2)Cc2nccn2C1. The lowest BCUT2D eigenvalue weighted by Gasteiger charge is -2.30. The summed E-state index contributed by atoms with van der Waals surface area (Å²) in [6, 6.07) is 0.198. The summed E-state index contributed by atoms with van der Waals surface area (Å²) in [5.74, 6) is 1.47. The summed E-state index contributed by atoms with van der Waals surface area (Å²) in [6.45, 7) is 11.8. The second-order valence-electron chi connectivity index (χ2n) is 6.70. The van der Waals surface area contributed by atoms with Crippen LogP contribution >= 0.6 is 0 Å². The fourth-order valence-electron chi connectivity index (χ4n) is 3.76. The molecule has 0 aliphatic carbocycles. The number of likely N-dealkylation sites (tertiary alicyclic amines) is 1. The number of rotatable bonds is 4. The summed E-state index contributed by atoms with van der Waals surface area (Å²) in [5, 5.41) is 0. The summed E-state index contributed by atoms with van der Waals surface area (Å²) in [7, 11) is 0. The van der Waals surface area contributed by atoms with Gasteiger partial charge in [-0.2, -0.15) is 0 Å². The van der Waals surface area contributed by atoms with Gasteiger partial charge in [0.05, 0.1) is 6.54 Å². The maximum absolute atomic E-state index is 12.9. The van der Waals surface area contributed by atoms with Crippen molar-refractivity contribution in [2.45, 2.75) is 39.8 Å². The molecule has 6 nitrogen and oxygen atoms in total. The maximum Gasteiger partial charge on any atom is 0.320 e. The van der Waals surface area contributed by atoms with E-state index in [1.807, 2.05) is 22.2 Å². The number of amides is 2. The number of urea groups is 1. The van der Waals surface area contributed by atoms with Crippen molar-refractivity contribution in [1.29, 1.82) is 0 Å². The molecule has 0 aromatic carbocycles. The van der Waals surface area contributed by atoms with E-state index >= 15 is 0 Å². The summed E-state index contributed by atoms with van der Waals surface area (Å²) in [4.78, 5) is 23.8. The van der Waals surface area contributed by atoms with Crippen molar-refractivity contribution in [3.63, 3.8) is 0 Å². The Morgan fingerprint density at radius 1 is 1.22 bits per heavy atom. The molecule has 1 atom stereocenters. The number of hydrogen-bond acceptors (Lipinski definition) is 3. The van der Waals surface area contributed by atoms with Crippen molar-refractivity contribution >= 4 is 6.03 Å². The Hall–Kier alpha value is -1.56. The number of carbonyl (C=O) groups excluding carboxylic acids is 1. The third kappa shape index (κ3) is 3.68. The Morgan fingerprint density at radius 3 is 2.65 bits per heavy atom. The summed E-state index contributed by atoms with van der Waals surface area (Å²) in [6.07, 6.45) is 6.18. The second-order valence-corrected chi connectivity index (χ2v) is 6.70. The average molecular weight is 319 g/mol. The Bertz CT molecular complexity index is 519. The molecule has 6 heteroatoms. The number of nitrogens with zero attached hydrogens (tertiary/aromatic N) is 5. The van der Waals surface area contributed by atoms with Crippen LogP contribution in [0.25, 0.3) is 0 Å². The van der Waals surface area contributed by atoms with Crippen molar-refractivity contribution in [2.24, 2.45) is 5.92 Å². The monoisotopic (exact) mass is 319 g/mol. The first-order chi connectivity index (χ1) is 11.2. The molecule has 23 heavy (non-hydrogen) atoms. The van der Waals surface area contributed by atoms with Gasteiger partial charge in [-0.3, -0.25) is 0 Å². The van der Waals surface area contributed by atoms with Crippen LogP contribution < -0.4 is 0 Å². The quantitative estimate of drug-likeness (QED) is 0.851. The molecule has 0 bridgehead atoms. The number of aromatic nitrogens is 2. The molecule has 1 saturated heterocycles. The van der Waals surface area contributed by atoms with Crippen LogP contribution in [0.15, 0.2) is 12.4 Å². The van der Waals surface area contributed by atoms with Gasteiger partial charge in [0, 0.05) is 51.0 Å². The van der Waals surface area contributed by atoms with E-state index in [4.69, 9.17) is 0 Å². The van der Waals surface area contributed by atoms with Gasteiger partial charge in [-0.25, -0.2) is 9.78 Å². The van der Waals surface area contributed by atoms with Crippen LogP contribution in [0.3, 0.4) is 0 Å². The van der Waals surface area contributed by atoms with Gasteiger partial charge >= 0.3 is 6.03 Å². The minimum absolute atomic E-state index is 0.198. The van der Waals surface area contributed by atoms with Crippen molar-refractivity contribution in [2.75, 3.05) is 39.3 Å². The van der Waals surface area contributed by atoms with Crippen molar-refractivity contribution in [1.82, 2.24) is 24.3 Å². The van der Waals surface area contributed by atoms with E-state index in [2.05, 4.69) is 28.3 Å². The summed E-state index contributed by atoms with van der Waals surface area (Å²) in [5.41, 5.74) is 0. The van der Waals surface area contributed by atoms with Gasteiger partial charge in [0.2, 0.25) is 0 Å². The number of imidazole rings is 1. The van der Waals surface area contributed by atoms with Crippen LogP contribution in [0, 0.1) is 5.92 Å². The lowest BCUT2D eigenvalue weighted by atomic mass is 10.1. The van der Waals surface area contributed by atoms with Gasteiger partial charge < -0.3 is 19.3 Å². The minimum atomic E-state index is 0.198. The predicted molar refractivity (Wildman–Crippen MR) is 90.1 cm³/mol. The van der Waals surface area contributed by atoms with Crippen molar-refractivity contribution in [3.05, 3.63) is 18.2 Å². The molecule has 1 aromatic rings. The molecule has 1 unspecified atom stereocenters. The summed E-state index contributed by atoms with van der Waals surface area (Å²) < 4.78 is 2.23. The first-order valence-corrected chi connectivity index (χ1v) is 8.97. The fraction of sp³-hybridized carbons (Fsp3) is 0.765. The first kappa shape index (κ1) is 16.3. The molecular formula is C17H29N5O. The van der Waals surface area contributed by atoms with Crippen LogP contribution in [0.2, 0.25) is 0 Å². The summed E-state index contributed by atoms with van der Waals surface area (Å²) >= 11 is 0. The minimum Gasteiger partial charge on any atom is -0.333 e. The van der Waals surface area contributed by atoms with Gasteiger partial charge in [-0.15, -0.1) is 0 Å². The zero-order valence-corrected chi connectivity index (χ0v) is 14.4. The largest absolute Gasteiger partial charge is 0.333 e. The van der Waals surface area contributed by atoms with E-state index in [-0.39, 0.29) is 6.03 Å². The third-order valence-electron chi connectivity index (χ3n) is 5.13. The molecule has 0 saturated carbocycles. The van der Waals surface area contributed by atoms with E-state index in [0.717, 1.165) is 64.5 Å². The molecule has 3 heterocycles. The van der Waals surface area contributed by atoms with Gasteiger partial charge in [0.25, 0.3) is 0 Å². The first-order valence-electron chi connectivity index (χ1n) is 8.97. The van der Waals surface area contributed by atoms with Gasteiger partial charge in [0.1, 0.15) is 5.82 Å². The van der Waals surface area contributed by atoms with Crippen LogP contribution in [-0.2, 0) is 13.1 Å². The Balaban J connectivity index is 1.75. The molecule has 128 valence electrons. The highest BCUT2D eigenvalue weighted by atomic mass is 16.2. The predicted octanol–water partition coefficient (Wildman–Crippen LogP) is 1.87. The highest BCUT2D eigenvalue weighted by molar-refractivity contribution is 5.74. The van der Waals surface area contributed by atoms with Crippen LogP contribution in [0.1, 0.15) is 32.5 Å². The molecule has 0 radical (unpaired) electrons. The van der Waals surface area contributed by atoms with E-state index in [1.54, 1.807) is 0 Å². The lowest BCUT2D eigenvalue weighted by molar-refractivity contribution is 0.143. The van der Waals surface area contributed by atoms with Crippen LogP contribution in [0.4, 0.5) is 4.79 Å². The number of carbonyl (C=O) groups is 1. The molecule has 2 aliphatic rings. The van der Waals surface area contributed by atoms with Gasteiger partial charge in [-0.05, 0) is 25.9 Å². The van der Waals surface area contributed by atoms with E-state index < -0.39 is 0 Å². The van der Waals surface area contributed by atoms with E-state index in [0.29, 0.717) is 12.5 Å². The second kappa shape index (κ2) is 7.34. The molecule has 2 amide bonds. The van der Waals surface area contributed by atoms with Crippen molar-refractivity contribution < 1.29 is 4.79 Å². The standard InChI is InChI=1S/C17H29N5O/c1-3-19(4-2)11-15-12-21-10-7-18-16(21)14-22(13-15)17(23)20-8-5-6-9-20/h7,10,15H,3-6,8-9,11-14H2,1-2H3. The molecular weight excluding hydrogens is 290 g/mol. The zero-order chi connectivity index (χ0) is 16.2. The number of fused-ring (bicyclic) bond motifs is 1. The van der Waals surface area contributed by atoms with E-state index in [9.17, 15) is 4.79 Å². The Kier molecular flexibility index (Phi) is 5.20. The highest BCUT2D eigenvalue weighted by Crippen LogP contribution is 2.19. The molecule has 3 rings (SSSR count). The van der Waals surface area contributed by atoms with Crippen LogP contribution in [0.5, 0.6) is 0 Å². The lowest BCUT2D eigenvalue weighted by Crippen LogP contribution is -2.44.